The van der Waals surface area contributed by atoms with E-state index in [4.69, 9.17) is 4.74 Å². The molecule has 2 unspecified atom stereocenters. The average Bonchev–Trinajstić information content (AvgIpc) is 3.32. The molecule has 6 heteroatoms. The largest absolute Gasteiger partial charge is 0.466 e. The molecular formula is C60H117NO5. The molecule has 0 aromatic rings. The lowest BCUT2D eigenvalue weighted by Gasteiger charge is -2.22. The standard InChI is InChI=1S/C60H117NO5/c1-3-5-7-9-11-13-15-17-18-26-29-32-36-40-44-48-52-58(63)57(56-62)61-59(64)53-49-45-41-37-33-30-27-24-22-20-19-21-23-25-28-31-35-39-43-47-51-55-66-60(65)54-50-46-42-38-34-16-14-12-10-8-6-4-2/h20,22,57-58,62-63H,3-19,21,23-56H2,1-2H3,(H,61,64)/b22-20-. The van der Waals surface area contributed by atoms with E-state index in [0.717, 1.165) is 38.5 Å². The molecule has 2 atom stereocenters. The molecule has 0 aliphatic heterocycles. The van der Waals surface area contributed by atoms with E-state index in [0.29, 0.717) is 25.9 Å². The van der Waals surface area contributed by atoms with Crippen LogP contribution in [-0.4, -0.2) is 47.4 Å². The molecule has 0 aromatic carbocycles. The number of hydrogen-bond acceptors (Lipinski definition) is 5. The smallest absolute Gasteiger partial charge is 0.305 e. The van der Waals surface area contributed by atoms with E-state index in [-0.39, 0.29) is 18.5 Å². The lowest BCUT2D eigenvalue weighted by molar-refractivity contribution is -0.143. The second kappa shape index (κ2) is 56.2. The van der Waals surface area contributed by atoms with E-state index in [1.807, 2.05) is 0 Å². The van der Waals surface area contributed by atoms with Crippen LogP contribution in [0.5, 0.6) is 0 Å². The van der Waals surface area contributed by atoms with E-state index in [2.05, 4.69) is 31.3 Å². The maximum atomic E-state index is 12.5. The van der Waals surface area contributed by atoms with Crippen molar-refractivity contribution in [3.63, 3.8) is 0 Å². The number of esters is 1. The third kappa shape index (κ3) is 52.0. The number of unbranched alkanes of at least 4 members (excludes halogenated alkanes) is 43. The molecule has 0 aromatic heterocycles. The molecule has 1 amide bonds. The van der Waals surface area contributed by atoms with Gasteiger partial charge in [-0.1, -0.05) is 283 Å². The minimum atomic E-state index is -0.668. The van der Waals surface area contributed by atoms with Gasteiger partial charge in [0.2, 0.25) is 5.91 Å². The van der Waals surface area contributed by atoms with Gasteiger partial charge in [0.05, 0.1) is 25.4 Å². The van der Waals surface area contributed by atoms with Crippen LogP contribution in [0.4, 0.5) is 0 Å². The molecule has 0 spiro atoms. The summed E-state index contributed by atoms with van der Waals surface area (Å²) in [6.45, 7) is 4.97. The highest BCUT2D eigenvalue weighted by Gasteiger charge is 2.20. The van der Waals surface area contributed by atoms with Gasteiger partial charge in [-0.25, -0.2) is 0 Å². The van der Waals surface area contributed by atoms with Gasteiger partial charge < -0.3 is 20.3 Å². The van der Waals surface area contributed by atoms with E-state index < -0.39 is 12.1 Å². The van der Waals surface area contributed by atoms with Crippen LogP contribution in [-0.2, 0) is 14.3 Å². The zero-order valence-corrected chi connectivity index (χ0v) is 44.7. The minimum absolute atomic E-state index is 0.00947. The predicted molar refractivity (Wildman–Crippen MR) is 287 cm³/mol. The van der Waals surface area contributed by atoms with Crippen molar-refractivity contribution in [2.75, 3.05) is 13.2 Å². The second-order valence-corrected chi connectivity index (χ2v) is 20.7. The SMILES string of the molecule is CCCCCCCCCCCCCCCCCCC(O)C(CO)NC(=O)CCCCCCCCC/C=C\CCCCCCCCCCCCOC(=O)CCCCCCCCCCCCCC. The van der Waals surface area contributed by atoms with Crippen molar-refractivity contribution in [1.29, 1.82) is 0 Å². The molecule has 0 saturated heterocycles. The van der Waals surface area contributed by atoms with Crippen molar-refractivity contribution in [1.82, 2.24) is 5.32 Å². The molecule has 0 bridgehead atoms. The second-order valence-electron chi connectivity index (χ2n) is 20.7. The first-order valence-electron chi connectivity index (χ1n) is 29.9. The Morgan fingerprint density at radius 3 is 1.08 bits per heavy atom. The average molecular weight is 933 g/mol. The first-order valence-corrected chi connectivity index (χ1v) is 29.9. The van der Waals surface area contributed by atoms with Gasteiger partial charge in [0.25, 0.3) is 0 Å². The summed E-state index contributed by atoms with van der Waals surface area (Å²) in [4.78, 5) is 24.5. The van der Waals surface area contributed by atoms with Crippen LogP contribution in [0.3, 0.4) is 0 Å². The summed E-state index contributed by atoms with van der Waals surface area (Å²) in [5.74, 6) is -0.0308. The number of hydrogen-bond donors (Lipinski definition) is 3. The Hall–Kier alpha value is -1.40. The lowest BCUT2D eigenvalue weighted by Crippen LogP contribution is -2.45. The summed E-state index contributed by atoms with van der Waals surface area (Å²) in [5, 5.41) is 23.3. The molecule has 3 N–H and O–H groups in total. The topological polar surface area (TPSA) is 95.9 Å². The monoisotopic (exact) mass is 932 g/mol. The fourth-order valence-corrected chi connectivity index (χ4v) is 9.46. The van der Waals surface area contributed by atoms with Gasteiger partial charge in [0, 0.05) is 12.8 Å². The number of ether oxygens (including phenoxy) is 1. The first-order chi connectivity index (χ1) is 32.5. The van der Waals surface area contributed by atoms with Crippen LogP contribution in [0.25, 0.3) is 0 Å². The summed E-state index contributed by atoms with van der Waals surface area (Å²) < 4.78 is 5.47. The highest BCUT2D eigenvalue weighted by atomic mass is 16.5. The molecule has 0 rings (SSSR count). The minimum Gasteiger partial charge on any atom is -0.466 e. The van der Waals surface area contributed by atoms with Crippen LogP contribution in [0, 0.1) is 0 Å². The van der Waals surface area contributed by atoms with E-state index >= 15 is 0 Å². The van der Waals surface area contributed by atoms with Gasteiger partial charge in [0.1, 0.15) is 0 Å². The Morgan fingerprint density at radius 2 is 0.712 bits per heavy atom. The number of carbonyl (C=O) groups excluding carboxylic acids is 2. The lowest BCUT2D eigenvalue weighted by atomic mass is 10.0. The molecule has 0 fully saturated rings. The molecule has 0 saturated carbocycles. The molecule has 6 nitrogen and oxygen atoms in total. The van der Waals surface area contributed by atoms with Crippen molar-refractivity contribution >= 4 is 11.9 Å². The van der Waals surface area contributed by atoms with Gasteiger partial charge in [0.15, 0.2) is 0 Å². The van der Waals surface area contributed by atoms with Crippen molar-refractivity contribution in [3.8, 4) is 0 Å². The molecule has 66 heavy (non-hydrogen) atoms. The van der Waals surface area contributed by atoms with Crippen molar-refractivity contribution < 1.29 is 24.5 Å². The summed E-state index contributed by atoms with van der Waals surface area (Å²) in [6.07, 6.45) is 66.4. The van der Waals surface area contributed by atoms with Gasteiger partial charge in [-0.15, -0.1) is 0 Å². The summed E-state index contributed by atoms with van der Waals surface area (Å²) in [5.41, 5.74) is 0. The molecule has 0 heterocycles. The van der Waals surface area contributed by atoms with Gasteiger partial charge in [-0.2, -0.15) is 0 Å². The number of carbonyl (C=O) groups is 2. The van der Waals surface area contributed by atoms with E-state index in [9.17, 15) is 19.8 Å². The van der Waals surface area contributed by atoms with Crippen molar-refractivity contribution in [3.05, 3.63) is 12.2 Å². The highest BCUT2D eigenvalue weighted by Crippen LogP contribution is 2.18. The van der Waals surface area contributed by atoms with Crippen LogP contribution in [0.2, 0.25) is 0 Å². The van der Waals surface area contributed by atoms with E-state index in [1.54, 1.807) is 0 Å². The summed E-state index contributed by atoms with van der Waals surface area (Å²) >= 11 is 0. The van der Waals surface area contributed by atoms with Crippen molar-refractivity contribution in [2.45, 2.75) is 347 Å². The molecular weight excluding hydrogens is 815 g/mol. The zero-order valence-electron chi connectivity index (χ0n) is 44.7. The maximum Gasteiger partial charge on any atom is 0.305 e. The third-order valence-corrected chi connectivity index (χ3v) is 14.1. The summed E-state index contributed by atoms with van der Waals surface area (Å²) in [6, 6.07) is -0.546. The van der Waals surface area contributed by atoms with Gasteiger partial charge >= 0.3 is 5.97 Å². The Balaban J connectivity index is 3.42. The Morgan fingerprint density at radius 1 is 0.409 bits per heavy atom. The number of amides is 1. The normalized spacial score (nSPS) is 12.6. The molecule has 392 valence electrons. The summed E-state index contributed by atoms with van der Waals surface area (Å²) in [7, 11) is 0. The highest BCUT2D eigenvalue weighted by molar-refractivity contribution is 5.76. The number of aliphatic hydroxyl groups is 2. The Labute approximate surface area is 412 Å². The Kier molecular flexibility index (Phi) is 55.0. The van der Waals surface area contributed by atoms with Crippen LogP contribution < -0.4 is 5.32 Å². The van der Waals surface area contributed by atoms with Gasteiger partial charge in [-0.05, 0) is 51.4 Å². The van der Waals surface area contributed by atoms with E-state index in [1.165, 1.54) is 263 Å². The fourth-order valence-electron chi connectivity index (χ4n) is 9.46. The quantitative estimate of drug-likeness (QED) is 0.0321. The third-order valence-electron chi connectivity index (χ3n) is 14.1. The van der Waals surface area contributed by atoms with Crippen LogP contribution in [0.15, 0.2) is 12.2 Å². The molecule has 0 aliphatic carbocycles. The predicted octanol–water partition coefficient (Wildman–Crippen LogP) is 18.5. The zero-order chi connectivity index (χ0) is 47.9. The van der Waals surface area contributed by atoms with Crippen LogP contribution >= 0.6 is 0 Å². The van der Waals surface area contributed by atoms with Crippen LogP contribution in [0.1, 0.15) is 335 Å². The van der Waals surface area contributed by atoms with Gasteiger partial charge in [-0.3, -0.25) is 9.59 Å². The van der Waals surface area contributed by atoms with Crippen molar-refractivity contribution in [2.24, 2.45) is 0 Å². The Bertz CT molecular complexity index is 986. The maximum absolute atomic E-state index is 12.5. The molecule has 0 radical (unpaired) electrons. The number of aliphatic hydroxyl groups excluding tert-OH is 2. The number of allylic oxidation sites excluding steroid dienone is 2. The number of rotatable bonds is 56. The fraction of sp³-hybridized carbons (Fsp3) is 0.933. The molecule has 0 aliphatic rings. The first kappa shape index (κ1) is 64.6. The number of nitrogens with one attached hydrogen (secondary N) is 1.